The van der Waals surface area contributed by atoms with Gasteiger partial charge in [0.05, 0.1) is 25.7 Å². The second kappa shape index (κ2) is 13.5. The molecule has 3 N–H and O–H groups in total. The summed E-state index contributed by atoms with van der Waals surface area (Å²) in [4.78, 5) is 49.5. The molecular formula is C22H40N3O11P. The molecule has 2 amide bonds. The van der Waals surface area contributed by atoms with E-state index in [0.717, 1.165) is 0 Å². The van der Waals surface area contributed by atoms with E-state index in [-0.39, 0.29) is 32.1 Å². The van der Waals surface area contributed by atoms with Crippen LogP contribution in [0, 0.1) is 11.3 Å². The largest absolute Gasteiger partial charge is 0.478 e. The highest BCUT2D eigenvalue weighted by Gasteiger charge is 2.49. The second-order valence-corrected chi connectivity index (χ2v) is 11.8. The topological polar surface area (TPSA) is 182 Å². The monoisotopic (exact) mass is 553 g/mol. The number of carbonyl (C=O) groups is 4. The number of amides is 2. The third kappa shape index (κ3) is 9.86. The maximum absolute atomic E-state index is 12.9. The Morgan fingerprint density at radius 2 is 1.84 bits per heavy atom. The summed E-state index contributed by atoms with van der Waals surface area (Å²) in [7, 11) is -1.61. The van der Waals surface area contributed by atoms with E-state index < -0.39 is 61.7 Å². The number of hydrogen-bond acceptors (Lipinski definition) is 12. The summed E-state index contributed by atoms with van der Waals surface area (Å²) in [6.07, 6.45) is -2.15. The van der Waals surface area contributed by atoms with E-state index in [0.29, 0.717) is 0 Å². The van der Waals surface area contributed by atoms with E-state index >= 15 is 0 Å². The molecule has 1 aliphatic rings. The molecule has 15 heteroatoms. The molecule has 0 aromatic rings. The van der Waals surface area contributed by atoms with Crippen molar-refractivity contribution in [2.45, 2.75) is 65.6 Å². The van der Waals surface area contributed by atoms with Crippen molar-refractivity contribution in [2.24, 2.45) is 17.1 Å². The number of nitrogens with one attached hydrogen (secondary N) is 1. The van der Waals surface area contributed by atoms with Crippen molar-refractivity contribution < 1.29 is 51.5 Å². The van der Waals surface area contributed by atoms with Crippen LogP contribution in [0.4, 0.5) is 4.79 Å². The van der Waals surface area contributed by atoms with Gasteiger partial charge in [-0.05, 0) is 19.8 Å². The minimum Gasteiger partial charge on any atom is -0.469 e. The number of carbonyl (C=O) groups excluding carboxylic acids is 4. The molecule has 14 nitrogen and oxygen atoms in total. The van der Waals surface area contributed by atoms with Gasteiger partial charge in [-0.25, -0.2) is 13.9 Å². The van der Waals surface area contributed by atoms with E-state index in [4.69, 9.17) is 28.8 Å². The fourth-order valence-corrected chi connectivity index (χ4v) is 4.28. The summed E-state index contributed by atoms with van der Waals surface area (Å²) in [6.45, 7) is 9.08. The molecule has 1 heterocycles. The molecule has 1 rings (SSSR count). The van der Waals surface area contributed by atoms with E-state index in [1.807, 2.05) is 0 Å². The molecule has 3 atom stereocenters. The lowest BCUT2D eigenvalue weighted by Crippen LogP contribution is -2.50. The number of phosphoric acid groups is 1. The number of phosphoric ester groups is 1. The first-order valence-electron chi connectivity index (χ1n) is 11.7. The van der Waals surface area contributed by atoms with Crippen LogP contribution in [0.3, 0.4) is 0 Å². The van der Waals surface area contributed by atoms with Crippen LogP contribution >= 0.6 is 7.82 Å². The first-order valence-corrected chi connectivity index (χ1v) is 13.2. The fraction of sp³-hybridized carbons (Fsp3) is 0.818. The average Bonchev–Trinajstić information content (AvgIpc) is 2.82. The van der Waals surface area contributed by atoms with Crippen molar-refractivity contribution >= 4 is 31.8 Å². The Bertz CT molecular complexity index is 878. The van der Waals surface area contributed by atoms with Crippen molar-refractivity contribution in [3.8, 4) is 0 Å². The predicted octanol–water partition coefficient (Wildman–Crippen LogP) is 1.56. The number of likely N-dealkylation sites (N-methyl/N-ethyl adjacent to an activating group) is 1. The SMILES string of the molecule is COC(=O)CCNC(=O)[C@@H]1OP(=O)(OCOC(=O)N(C)C(C)(C)COC(=O)[C@@H](N)C(C)C)OCC1(C)C. The predicted molar refractivity (Wildman–Crippen MR) is 130 cm³/mol. The average molecular weight is 554 g/mol. The number of methoxy groups -OCH3 is 1. The van der Waals surface area contributed by atoms with E-state index in [2.05, 4.69) is 10.1 Å². The third-order valence-corrected chi connectivity index (χ3v) is 7.10. The summed E-state index contributed by atoms with van der Waals surface area (Å²) in [5.41, 5.74) is 3.93. The number of rotatable bonds is 12. The zero-order valence-corrected chi connectivity index (χ0v) is 23.6. The van der Waals surface area contributed by atoms with Crippen LogP contribution in [0.1, 0.15) is 48.0 Å². The van der Waals surface area contributed by atoms with Crippen molar-refractivity contribution in [1.82, 2.24) is 10.2 Å². The smallest absolute Gasteiger partial charge is 0.469 e. The van der Waals surface area contributed by atoms with Gasteiger partial charge in [-0.15, -0.1) is 0 Å². The van der Waals surface area contributed by atoms with Crippen LogP contribution in [0.5, 0.6) is 0 Å². The van der Waals surface area contributed by atoms with Crippen molar-refractivity contribution in [2.75, 3.05) is 40.7 Å². The lowest BCUT2D eigenvalue weighted by atomic mass is 9.87. The zero-order valence-electron chi connectivity index (χ0n) is 22.7. The number of esters is 2. The maximum atomic E-state index is 12.9. The van der Waals surface area contributed by atoms with Crippen LogP contribution < -0.4 is 11.1 Å². The first kappa shape index (κ1) is 32.8. The van der Waals surface area contributed by atoms with Crippen LogP contribution in [-0.4, -0.2) is 87.2 Å². The maximum Gasteiger partial charge on any atom is 0.478 e. The Morgan fingerprint density at radius 3 is 2.41 bits per heavy atom. The summed E-state index contributed by atoms with van der Waals surface area (Å²) >= 11 is 0. The molecule has 1 aliphatic heterocycles. The van der Waals surface area contributed by atoms with Gasteiger partial charge in [0.1, 0.15) is 12.6 Å². The number of ether oxygens (including phenoxy) is 3. The quantitative estimate of drug-likeness (QED) is 0.154. The molecule has 0 spiro atoms. The Balaban J connectivity index is 2.64. The molecular weight excluding hydrogens is 513 g/mol. The highest BCUT2D eigenvalue weighted by atomic mass is 31.2. The van der Waals surface area contributed by atoms with Gasteiger partial charge in [-0.3, -0.25) is 23.4 Å². The first-order chi connectivity index (χ1) is 17.0. The van der Waals surface area contributed by atoms with Gasteiger partial charge in [-0.1, -0.05) is 27.7 Å². The van der Waals surface area contributed by atoms with Crippen LogP contribution in [0.2, 0.25) is 0 Å². The minimum atomic E-state index is -4.27. The molecule has 1 saturated heterocycles. The second-order valence-electron chi connectivity index (χ2n) is 10.2. The Labute approximate surface area is 217 Å². The minimum absolute atomic E-state index is 0.00802. The fourth-order valence-electron chi connectivity index (χ4n) is 2.77. The molecule has 37 heavy (non-hydrogen) atoms. The lowest BCUT2D eigenvalue weighted by molar-refractivity contribution is -0.149. The third-order valence-electron chi connectivity index (χ3n) is 5.77. The number of hydrogen-bond donors (Lipinski definition) is 2. The van der Waals surface area contributed by atoms with Gasteiger partial charge in [-0.2, -0.15) is 0 Å². The Morgan fingerprint density at radius 1 is 1.22 bits per heavy atom. The van der Waals surface area contributed by atoms with Gasteiger partial charge in [0.25, 0.3) is 0 Å². The van der Waals surface area contributed by atoms with Crippen molar-refractivity contribution in [1.29, 1.82) is 0 Å². The molecule has 1 unspecified atom stereocenters. The molecule has 0 aromatic heterocycles. The van der Waals surface area contributed by atoms with Gasteiger partial charge in [0, 0.05) is 19.0 Å². The summed E-state index contributed by atoms with van der Waals surface area (Å²) in [5, 5.41) is 2.52. The van der Waals surface area contributed by atoms with Crippen LogP contribution in [0.25, 0.3) is 0 Å². The normalized spacial score (nSPS) is 22.1. The van der Waals surface area contributed by atoms with E-state index in [1.54, 1.807) is 41.5 Å². The Kier molecular flexibility index (Phi) is 12.0. The molecule has 0 aliphatic carbocycles. The highest BCUT2D eigenvalue weighted by molar-refractivity contribution is 7.48. The zero-order chi connectivity index (χ0) is 28.6. The summed E-state index contributed by atoms with van der Waals surface area (Å²) < 4.78 is 43.3. The van der Waals surface area contributed by atoms with Crippen LogP contribution in [0.15, 0.2) is 0 Å². The van der Waals surface area contributed by atoms with Crippen molar-refractivity contribution in [3.63, 3.8) is 0 Å². The van der Waals surface area contributed by atoms with Gasteiger partial charge >= 0.3 is 25.9 Å². The molecule has 1 fully saturated rings. The lowest BCUT2D eigenvalue weighted by Gasteiger charge is -2.39. The molecule has 214 valence electrons. The number of nitrogens with zero attached hydrogens (tertiary/aromatic N) is 1. The summed E-state index contributed by atoms with van der Waals surface area (Å²) in [5.74, 6) is -1.83. The number of nitrogens with two attached hydrogens (primary N) is 1. The highest BCUT2D eigenvalue weighted by Crippen LogP contribution is 2.57. The molecule has 0 radical (unpaired) electrons. The van der Waals surface area contributed by atoms with Crippen molar-refractivity contribution in [3.05, 3.63) is 0 Å². The molecule has 0 saturated carbocycles. The van der Waals surface area contributed by atoms with E-state index in [9.17, 15) is 23.7 Å². The standard InChI is InChI=1S/C22H40N3O11P/c1-14(2)16(23)19(28)32-12-22(5,6)25(7)20(29)33-13-35-37(30)34-11-21(3,4)17(36-37)18(27)24-10-9-15(26)31-8/h14,16-17H,9-13,23H2,1-8H3,(H,24,27)/t16-,17-,37?/m0/s1. The van der Waals surface area contributed by atoms with Crippen LogP contribution in [-0.2, 0) is 46.7 Å². The van der Waals surface area contributed by atoms with Gasteiger partial charge < -0.3 is 30.2 Å². The molecule has 0 bridgehead atoms. The van der Waals surface area contributed by atoms with Gasteiger partial charge in [0.15, 0.2) is 6.10 Å². The van der Waals surface area contributed by atoms with E-state index in [1.165, 1.54) is 19.1 Å². The Hall–Kier alpha value is -2.25. The molecule has 0 aromatic carbocycles. The van der Waals surface area contributed by atoms with Gasteiger partial charge in [0.2, 0.25) is 12.7 Å². The summed E-state index contributed by atoms with van der Waals surface area (Å²) in [6, 6.07) is -0.794.